The summed E-state index contributed by atoms with van der Waals surface area (Å²) in [6.45, 7) is -0.456. The van der Waals surface area contributed by atoms with Gasteiger partial charge in [-0.15, -0.1) is 0 Å². The summed E-state index contributed by atoms with van der Waals surface area (Å²) in [5.41, 5.74) is 0. The fourth-order valence-corrected chi connectivity index (χ4v) is 1.97. The lowest BCUT2D eigenvalue weighted by Gasteiger charge is -2.40. The van der Waals surface area contributed by atoms with Crippen LogP contribution >= 0.6 is 0 Å². The van der Waals surface area contributed by atoms with Gasteiger partial charge in [0.2, 0.25) is 0 Å². The molecule has 0 amide bonds. The summed E-state index contributed by atoms with van der Waals surface area (Å²) in [5, 5.41) is 56.6. The summed E-state index contributed by atoms with van der Waals surface area (Å²) >= 11 is 0. The molecule has 112 valence electrons. The maximum absolute atomic E-state index is 9.68. The summed E-state index contributed by atoms with van der Waals surface area (Å²) in [6.07, 6.45) is -11.0. The molecule has 9 nitrogen and oxygen atoms in total. The van der Waals surface area contributed by atoms with E-state index >= 15 is 0 Å². The van der Waals surface area contributed by atoms with E-state index in [0.29, 0.717) is 0 Å². The number of ether oxygens (including phenoxy) is 3. The van der Waals surface area contributed by atoms with Gasteiger partial charge in [0, 0.05) is 0 Å². The Morgan fingerprint density at radius 2 is 1.42 bits per heavy atom. The predicted octanol–water partition coefficient (Wildman–Crippen LogP) is -4.12. The van der Waals surface area contributed by atoms with Crippen LogP contribution in [0.25, 0.3) is 0 Å². The van der Waals surface area contributed by atoms with Crippen LogP contribution in [0.2, 0.25) is 0 Å². The third-order valence-corrected chi connectivity index (χ3v) is 3.22. The number of aliphatic hydroxyl groups is 6. The molecule has 0 aromatic rings. The summed E-state index contributed by atoms with van der Waals surface area (Å²) < 4.78 is 15.0. The van der Waals surface area contributed by atoms with Gasteiger partial charge in [-0.1, -0.05) is 0 Å². The molecule has 2 aliphatic heterocycles. The van der Waals surface area contributed by atoms with Crippen LogP contribution in [-0.4, -0.2) is 93.1 Å². The van der Waals surface area contributed by atoms with E-state index in [2.05, 4.69) is 0 Å². The van der Waals surface area contributed by atoms with Crippen molar-refractivity contribution in [1.82, 2.24) is 0 Å². The number of hydrogen-bond donors (Lipinski definition) is 6. The van der Waals surface area contributed by atoms with Crippen molar-refractivity contribution in [3.05, 3.63) is 0 Å². The Labute approximate surface area is 108 Å². The molecule has 0 aliphatic carbocycles. The van der Waals surface area contributed by atoms with Gasteiger partial charge in [0.25, 0.3) is 0 Å². The highest BCUT2D eigenvalue weighted by Gasteiger charge is 2.44. The molecule has 8 atom stereocenters. The monoisotopic (exact) mass is 282 g/mol. The third-order valence-electron chi connectivity index (χ3n) is 3.22. The van der Waals surface area contributed by atoms with Crippen molar-refractivity contribution in [1.29, 1.82) is 0 Å². The number of hydrogen-bond acceptors (Lipinski definition) is 9. The zero-order chi connectivity index (χ0) is 14.2. The van der Waals surface area contributed by atoms with E-state index in [1.54, 1.807) is 0 Å². The van der Waals surface area contributed by atoms with Gasteiger partial charge >= 0.3 is 0 Å². The minimum atomic E-state index is -1.55. The van der Waals surface area contributed by atoms with Crippen molar-refractivity contribution in [2.45, 2.75) is 49.2 Å². The Balaban J connectivity index is 1.94. The normalized spacial score (nSPS) is 52.1. The van der Waals surface area contributed by atoms with E-state index in [4.69, 9.17) is 19.3 Å². The molecule has 9 heteroatoms. The molecule has 2 fully saturated rings. The highest BCUT2D eigenvalue weighted by Crippen LogP contribution is 2.22. The van der Waals surface area contributed by atoms with Crippen LogP contribution in [0.5, 0.6) is 0 Å². The van der Waals surface area contributed by atoms with E-state index < -0.39 is 49.2 Å². The molecule has 0 aromatic heterocycles. The molecule has 0 unspecified atom stereocenters. The van der Waals surface area contributed by atoms with Crippen molar-refractivity contribution in [3.8, 4) is 0 Å². The minimum Gasteiger partial charge on any atom is -0.388 e. The van der Waals surface area contributed by atoms with Crippen LogP contribution in [0.3, 0.4) is 0 Å². The van der Waals surface area contributed by atoms with E-state index in [-0.39, 0.29) is 13.2 Å². The van der Waals surface area contributed by atoms with Crippen molar-refractivity contribution in [3.63, 3.8) is 0 Å². The van der Waals surface area contributed by atoms with Crippen molar-refractivity contribution < 1.29 is 44.8 Å². The fourth-order valence-electron chi connectivity index (χ4n) is 1.97. The smallest absolute Gasteiger partial charge is 0.186 e. The van der Waals surface area contributed by atoms with Crippen LogP contribution < -0.4 is 0 Å². The van der Waals surface area contributed by atoms with Crippen LogP contribution in [0.1, 0.15) is 0 Å². The SMILES string of the molecule is O[C@@H]1[C@@H](O)[C@H](O[C@@H]2CO[C@H](O)[C@H](O)[C@H]2O)OC[C@H]1O. The maximum atomic E-state index is 9.68. The average Bonchev–Trinajstić information content (AvgIpc) is 2.39. The molecular weight excluding hydrogens is 264 g/mol. The second-order valence-corrected chi connectivity index (χ2v) is 4.63. The zero-order valence-electron chi connectivity index (χ0n) is 9.94. The van der Waals surface area contributed by atoms with Crippen LogP contribution in [-0.2, 0) is 14.2 Å². The molecule has 6 N–H and O–H groups in total. The van der Waals surface area contributed by atoms with Crippen LogP contribution in [0, 0.1) is 0 Å². The predicted molar refractivity (Wildman–Crippen MR) is 56.6 cm³/mol. The second kappa shape index (κ2) is 5.95. The third kappa shape index (κ3) is 3.05. The molecule has 2 saturated heterocycles. The minimum absolute atomic E-state index is 0.218. The summed E-state index contributed by atoms with van der Waals surface area (Å²) in [5.74, 6) is 0. The van der Waals surface area contributed by atoms with Gasteiger partial charge in [-0.25, -0.2) is 0 Å². The van der Waals surface area contributed by atoms with Crippen LogP contribution in [0.15, 0.2) is 0 Å². The van der Waals surface area contributed by atoms with Gasteiger partial charge in [-0.3, -0.25) is 0 Å². The average molecular weight is 282 g/mol. The quantitative estimate of drug-likeness (QED) is 0.297. The van der Waals surface area contributed by atoms with Gasteiger partial charge < -0.3 is 44.8 Å². The zero-order valence-corrected chi connectivity index (χ0v) is 9.94. The Morgan fingerprint density at radius 3 is 2.11 bits per heavy atom. The van der Waals surface area contributed by atoms with E-state index in [1.807, 2.05) is 0 Å². The van der Waals surface area contributed by atoms with Gasteiger partial charge in [-0.05, 0) is 0 Å². The Kier molecular flexibility index (Phi) is 4.71. The molecule has 19 heavy (non-hydrogen) atoms. The lowest BCUT2D eigenvalue weighted by molar-refractivity contribution is -0.323. The molecule has 0 spiro atoms. The molecular formula is C10H18O9. The summed E-state index contributed by atoms with van der Waals surface area (Å²) in [7, 11) is 0. The standard InChI is InChI=1S/C10H18O9/c11-3-1-18-10(8(15)5(3)12)19-4-2-17-9(16)7(14)6(4)13/h3-16H,1-2H2/t3-,4-,5+,6+,7-,8-,9+,10+/m1/s1. The molecule has 2 rings (SSSR count). The Hall–Kier alpha value is -0.360. The maximum Gasteiger partial charge on any atom is 0.186 e. The van der Waals surface area contributed by atoms with E-state index in [1.165, 1.54) is 0 Å². The van der Waals surface area contributed by atoms with E-state index in [0.717, 1.165) is 0 Å². The Morgan fingerprint density at radius 1 is 0.737 bits per heavy atom. The number of aliphatic hydroxyl groups excluding tert-OH is 6. The summed E-state index contributed by atoms with van der Waals surface area (Å²) in [6, 6.07) is 0. The van der Waals surface area contributed by atoms with Gasteiger partial charge in [-0.2, -0.15) is 0 Å². The largest absolute Gasteiger partial charge is 0.388 e. The first kappa shape index (κ1) is 15.0. The molecule has 2 aliphatic rings. The van der Waals surface area contributed by atoms with Gasteiger partial charge in [0.15, 0.2) is 12.6 Å². The molecule has 0 saturated carbocycles. The highest BCUT2D eigenvalue weighted by molar-refractivity contribution is 4.87. The first-order valence-electron chi connectivity index (χ1n) is 5.89. The fraction of sp³-hybridized carbons (Fsp3) is 1.00. The lowest BCUT2D eigenvalue weighted by Crippen LogP contribution is -2.59. The lowest BCUT2D eigenvalue weighted by atomic mass is 10.0. The van der Waals surface area contributed by atoms with Crippen molar-refractivity contribution in [2.24, 2.45) is 0 Å². The topological polar surface area (TPSA) is 149 Å². The molecule has 0 bridgehead atoms. The Bertz CT molecular complexity index is 273. The van der Waals surface area contributed by atoms with E-state index in [9.17, 15) is 25.5 Å². The first-order chi connectivity index (χ1) is 8.91. The second-order valence-electron chi connectivity index (χ2n) is 4.63. The van der Waals surface area contributed by atoms with Gasteiger partial charge in [0.1, 0.15) is 36.6 Å². The molecule has 0 aromatic carbocycles. The van der Waals surface area contributed by atoms with Crippen molar-refractivity contribution >= 4 is 0 Å². The summed E-state index contributed by atoms with van der Waals surface area (Å²) in [4.78, 5) is 0. The highest BCUT2D eigenvalue weighted by atomic mass is 16.7. The van der Waals surface area contributed by atoms with Crippen LogP contribution in [0.4, 0.5) is 0 Å². The van der Waals surface area contributed by atoms with Gasteiger partial charge in [0.05, 0.1) is 13.2 Å². The first-order valence-corrected chi connectivity index (χ1v) is 5.89. The number of rotatable bonds is 2. The molecule has 0 radical (unpaired) electrons. The molecule has 2 heterocycles. The van der Waals surface area contributed by atoms with Crippen molar-refractivity contribution in [2.75, 3.05) is 13.2 Å².